The van der Waals surface area contributed by atoms with Gasteiger partial charge in [-0.15, -0.1) is 0 Å². The zero-order chi connectivity index (χ0) is 21.5. The third-order valence-corrected chi connectivity index (χ3v) is 4.24. The minimum Gasteiger partial charge on any atom is -0.497 e. The molecule has 154 valence electrons. The smallest absolute Gasteiger partial charge is 0.291 e. The van der Waals surface area contributed by atoms with E-state index in [1.807, 2.05) is 0 Å². The fourth-order valence-electron chi connectivity index (χ4n) is 2.54. The first-order valence-corrected chi connectivity index (χ1v) is 9.20. The minimum atomic E-state index is -0.402. The summed E-state index contributed by atoms with van der Waals surface area (Å²) in [6.07, 6.45) is 1.42. The summed E-state index contributed by atoms with van der Waals surface area (Å²) in [6, 6.07) is 14.8. The number of ether oxygens (including phenoxy) is 2. The fourth-order valence-corrected chi connectivity index (χ4v) is 2.75. The molecular formula is C21H19N3O5S. The van der Waals surface area contributed by atoms with Crippen molar-refractivity contribution in [3.05, 3.63) is 72.2 Å². The van der Waals surface area contributed by atoms with Gasteiger partial charge in [-0.2, -0.15) is 0 Å². The van der Waals surface area contributed by atoms with Crippen LogP contribution in [0.25, 0.3) is 0 Å². The van der Waals surface area contributed by atoms with Gasteiger partial charge in [-0.1, -0.05) is 0 Å². The van der Waals surface area contributed by atoms with Crippen molar-refractivity contribution in [1.82, 2.24) is 5.32 Å². The highest BCUT2D eigenvalue weighted by molar-refractivity contribution is 7.80. The highest BCUT2D eigenvalue weighted by atomic mass is 32.1. The van der Waals surface area contributed by atoms with E-state index in [4.69, 9.17) is 26.1 Å². The Kier molecular flexibility index (Phi) is 6.66. The molecule has 0 aliphatic carbocycles. The number of benzene rings is 2. The van der Waals surface area contributed by atoms with Gasteiger partial charge in [0.25, 0.3) is 11.8 Å². The average molecular weight is 425 g/mol. The molecule has 0 unspecified atom stereocenters. The molecule has 0 bridgehead atoms. The molecule has 0 aliphatic rings. The summed E-state index contributed by atoms with van der Waals surface area (Å²) in [5.74, 6) is 0.482. The third-order valence-electron chi connectivity index (χ3n) is 4.03. The van der Waals surface area contributed by atoms with Gasteiger partial charge in [0.1, 0.15) is 11.5 Å². The molecule has 1 aromatic heterocycles. The molecule has 9 heteroatoms. The van der Waals surface area contributed by atoms with Gasteiger partial charge in [0.15, 0.2) is 10.9 Å². The lowest BCUT2D eigenvalue weighted by atomic mass is 10.2. The lowest BCUT2D eigenvalue weighted by molar-refractivity contribution is 0.0975. The van der Waals surface area contributed by atoms with E-state index >= 15 is 0 Å². The normalized spacial score (nSPS) is 10.1. The lowest BCUT2D eigenvalue weighted by Crippen LogP contribution is -2.34. The van der Waals surface area contributed by atoms with E-state index in [9.17, 15) is 9.59 Å². The second kappa shape index (κ2) is 9.57. The van der Waals surface area contributed by atoms with Crippen LogP contribution < -0.4 is 25.4 Å². The van der Waals surface area contributed by atoms with Gasteiger partial charge in [0, 0.05) is 17.3 Å². The van der Waals surface area contributed by atoms with E-state index in [1.165, 1.54) is 13.4 Å². The molecule has 2 amide bonds. The van der Waals surface area contributed by atoms with Crippen molar-refractivity contribution in [2.24, 2.45) is 0 Å². The molecule has 3 aromatic rings. The molecule has 1 heterocycles. The summed E-state index contributed by atoms with van der Waals surface area (Å²) < 4.78 is 15.5. The largest absolute Gasteiger partial charge is 0.497 e. The maximum Gasteiger partial charge on any atom is 0.291 e. The number of hydrogen-bond acceptors (Lipinski definition) is 6. The number of hydrogen-bond donors (Lipinski definition) is 3. The quantitative estimate of drug-likeness (QED) is 0.518. The molecule has 3 rings (SSSR count). The summed E-state index contributed by atoms with van der Waals surface area (Å²) in [6.45, 7) is 0. The van der Waals surface area contributed by atoms with E-state index in [1.54, 1.807) is 61.7 Å². The van der Waals surface area contributed by atoms with Gasteiger partial charge in [-0.3, -0.25) is 14.9 Å². The molecule has 0 spiro atoms. The second-order valence-electron chi connectivity index (χ2n) is 5.98. The topological polar surface area (TPSA) is 102 Å². The lowest BCUT2D eigenvalue weighted by Gasteiger charge is -2.13. The number of methoxy groups -OCH3 is 2. The van der Waals surface area contributed by atoms with Crippen LogP contribution in [0.4, 0.5) is 11.4 Å². The van der Waals surface area contributed by atoms with E-state index < -0.39 is 5.91 Å². The average Bonchev–Trinajstić information content (AvgIpc) is 3.30. The molecule has 0 saturated heterocycles. The molecule has 3 N–H and O–H groups in total. The van der Waals surface area contributed by atoms with Crippen molar-refractivity contribution in [3.63, 3.8) is 0 Å². The predicted octanol–water partition coefficient (Wildman–Crippen LogP) is 3.68. The van der Waals surface area contributed by atoms with Gasteiger partial charge in [-0.05, 0) is 60.7 Å². The maximum absolute atomic E-state index is 12.3. The second-order valence-corrected chi connectivity index (χ2v) is 6.39. The molecule has 2 aromatic carbocycles. The van der Waals surface area contributed by atoms with Crippen LogP contribution in [0.3, 0.4) is 0 Å². The summed E-state index contributed by atoms with van der Waals surface area (Å²) in [4.78, 5) is 24.4. The van der Waals surface area contributed by atoms with Crippen LogP contribution in [0.15, 0.2) is 65.3 Å². The number of carbonyl (C=O) groups is 2. The number of amides is 2. The van der Waals surface area contributed by atoms with Gasteiger partial charge in [0.05, 0.1) is 26.2 Å². The number of carbonyl (C=O) groups excluding carboxylic acids is 2. The molecule has 0 saturated carbocycles. The molecule has 8 nitrogen and oxygen atoms in total. The van der Waals surface area contributed by atoms with Crippen molar-refractivity contribution in [3.8, 4) is 11.5 Å². The number of anilines is 2. The van der Waals surface area contributed by atoms with Crippen LogP contribution in [0.5, 0.6) is 11.5 Å². The Morgan fingerprint density at radius 1 is 0.933 bits per heavy atom. The van der Waals surface area contributed by atoms with Crippen LogP contribution in [0, 0.1) is 0 Å². The van der Waals surface area contributed by atoms with Crippen LogP contribution in [-0.4, -0.2) is 31.1 Å². The summed E-state index contributed by atoms with van der Waals surface area (Å²) in [7, 11) is 3.03. The number of nitrogens with one attached hydrogen (secondary N) is 3. The van der Waals surface area contributed by atoms with Gasteiger partial charge in [0.2, 0.25) is 0 Å². The first-order valence-electron chi connectivity index (χ1n) is 8.79. The highest BCUT2D eigenvalue weighted by Crippen LogP contribution is 2.28. The van der Waals surface area contributed by atoms with E-state index in [2.05, 4.69) is 16.0 Å². The van der Waals surface area contributed by atoms with Crippen LogP contribution in [-0.2, 0) is 0 Å². The molecule has 0 radical (unpaired) electrons. The summed E-state index contributed by atoms with van der Waals surface area (Å²) in [5.41, 5.74) is 1.47. The van der Waals surface area contributed by atoms with Gasteiger partial charge < -0.3 is 24.5 Å². The Hall–Kier alpha value is -3.85. The summed E-state index contributed by atoms with van der Waals surface area (Å²) in [5, 5.41) is 8.34. The first kappa shape index (κ1) is 20.9. The molecule has 0 aliphatic heterocycles. The Bertz CT molecular complexity index is 1050. The monoisotopic (exact) mass is 425 g/mol. The van der Waals surface area contributed by atoms with Gasteiger partial charge >= 0.3 is 0 Å². The predicted molar refractivity (Wildman–Crippen MR) is 116 cm³/mol. The Morgan fingerprint density at radius 2 is 1.70 bits per heavy atom. The highest BCUT2D eigenvalue weighted by Gasteiger charge is 2.13. The zero-order valence-electron chi connectivity index (χ0n) is 16.2. The van der Waals surface area contributed by atoms with E-state index in [0.29, 0.717) is 28.4 Å². The number of rotatable bonds is 6. The minimum absolute atomic E-state index is 0.116. The first-order chi connectivity index (χ1) is 14.5. The maximum atomic E-state index is 12.3. The number of furan rings is 1. The van der Waals surface area contributed by atoms with E-state index in [-0.39, 0.29) is 16.8 Å². The molecular weight excluding hydrogens is 406 g/mol. The van der Waals surface area contributed by atoms with Crippen LogP contribution >= 0.6 is 12.2 Å². The fraction of sp³-hybridized carbons (Fsp3) is 0.0952. The Morgan fingerprint density at radius 3 is 2.33 bits per heavy atom. The SMILES string of the molecule is COc1ccc(C(=O)NC(=S)Nc2ccc(NC(=O)c3ccco3)c(OC)c2)cc1. The van der Waals surface area contributed by atoms with Crippen molar-refractivity contribution in [1.29, 1.82) is 0 Å². The van der Waals surface area contributed by atoms with Crippen molar-refractivity contribution >= 4 is 40.5 Å². The van der Waals surface area contributed by atoms with E-state index in [0.717, 1.165) is 0 Å². The zero-order valence-corrected chi connectivity index (χ0v) is 17.0. The molecule has 30 heavy (non-hydrogen) atoms. The summed E-state index contributed by atoms with van der Waals surface area (Å²) >= 11 is 5.21. The molecule has 0 fully saturated rings. The third kappa shape index (κ3) is 5.15. The Labute approximate surface area is 178 Å². The van der Waals surface area contributed by atoms with Crippen LogP contribution in [0.1, 0.15) is 20.9 Å². The standard InChI is InChI=1S/C21H19N3O5S/c1-27-15-8-5-13(6-9-15)19(25)24-21(30)22-14-7-10-16(18(12-14)28-2)23-20(26)17-4-3-11-29-17/h3-12H,1-2H3,(H,23,26)(H2,22,24,25,30). The van der Waals surface area contributed by atoms with Crippen molar-refractivity contribution < 1.29 is 23.5 Å². The van der Waals surface area contributed by atoms with Crippen molar-refractivity contribution in [2.45, 2.75) is 0 Å². The Balaban J connectivity index is 1.63. The number of thiocarbonyl (C=S) groups is 1. The van der Waals surface area contributed by atoms with Crippen molar-refractivity contribution in [2.75, 3.05) is 24.9 Å². The van der Waals surface area contributed by atoms with Gasteiger partial charge in [-0.25, -0.2) is 0 Å². The molecule has 0 atom stereocenters. The van der Waals surface area contributed by atoms with Crippen LogP contribution in [0.2, 0.25) is 0 Å².